The van der Waals surface area contributed by atoms with Gasteiger partial charge < -0.3 is 14.2 Å². The van der Waals surface area contributed by atoms with Gasteiger partial charge in [-0.25, -0.2) is 0 Å². The molecule has 1 aromatic carbocycles. The van der Waals surface area contributed by atoms with Crippen LogP contribution in [0.1, 0.15) is 70.4 Å². The fourth-order valence-electron chi connectivity index (χ4n) is 6.52. The largest absolute Gasteiger partial charge is 0.416 e. The van der Waals surface area contributed by atoms with Gasteiger partial charge in [-0.2, -0.15) is 13.2 Å². The van der Waals surface area contributed by atoms with Crippen molar-refractivity contribution in [3.05, 3.63) is 62.9 Å². The number of likely N-dealkylation sites (tertiary alicyclic amines) is 1. The number of hydrogen-bond donors (Lipinski definition) is 0. The van der Waals surface area contributed by atoms with E-state index in [9.17, 15) is 18.0 Å². The minimum absolute atomic E-state index is 0.0575. The molecule has 6 rings (SSSR count). The van der Waals surface area contributed by atoms with E-state index in [1.165, 1.54) is 22.3 Å². The molecule has 3 aliphatic rings. The van der Waals surface area contributed by atoms with Crippen molar-refractivity contribution in [1.82, 2.24) is 19.7 Å². The first-order chi connectivity index (χ1) is 18.6. The number of methoxy groups -OCH3 is 1. The Labute approximate surface area is 229 Å². The molecule has 1 atom stereocenters. The first kappa shape index (κ1) is 26.5. The molecule has 1 aliphatic carbocycles. The van der Waals surface area contributed by atoms with Crippen LogP contribution >= 0.6 is 11.3 Å². The number of fused-ring (bicyclic) bond motifs is 1. The van der Waals surface area contributed by atoms with Crippen LogP contribution in [0.5, 0.6) is 0 Å². The number of piperidine rings is 1. The van der Waals surface area contributed by atoms with E-state index in [0.717, 1.165) is 49.5 Å². The normalized spacial score (nSPS) is 25.7. The van der Waals surface area contributed by atoms with Gasteiger partial charge in [0.1, 0.15) is 12.2 Å². The standard InChI is InChI=1S/C28H32F3N5O2S/c1-17-5-4-6-35(12-17)13-18-7-21-22(23(8-18)28(29,30)31)14-36(25(21)37)19-9-24(39-15-19)27(10-20(11-27)38-3)26-33-32-16-34(26)2/h7-9,15-17,20H,4-6,10-14H2,1-3H3/t17-,20?,27?/m0/s1. The summed E-state index contributed by atoms with van der Waals surface area (Å²) in [6, 6.07) is 4.85. The Morgan fingerprint density at radius 3 is 2.69 bits per heavy atom. The number of hydrogen-bond acceptors (Lipinski definition) is 6. The first-order valence-electron chi connectivity index (χ1n) is 13.3. The highest BCUT2D eigenvalue weighted by Gasteiger charge is 2.51. The molecule has 1 saturated carbocycles. The Morgan fingerprint density at radius 1 is 1.23 bits per heavy atom. The molecule has 0 radical (unpaired) electrons. The zero-order chi connectivity index (χ0) is 27.5. The Balaban J connectivity index is 1.31. The molecule has 0 unspecified atom stereocenters. The van der Waals surface area contributed by atoms with E-state index in [2.05, 4.69) is 22.0 Å². The maximum Gasteiger partial charge on any atom is 0.416 e. The molecule has 0 bridgehead atoms. The van der Waals surface area contributed by atoms with Crippen LogP contribution in [-0.4, -0.2) is 51.9 Å². The van der Waals surface area contributed by atoms with Crippen LogP contribution in [0, 0.1) is 5.92 Å². The molecule has 3 aromatic rings. The van der Waals surface area contributed by atoms with Gasteiger partial charge in [0.2, 0.25) is 0 Å². The highest BCUT2D eigenvalue weighted by atomic mass is 32.1. The van der Waals surface area contributed by atoms with Crippen LogP contribution in [0.2, 0.25) is 0 Å². The van der Waals surface area contributed by atoms with Gasteiger partial charge in [-0.1, -0.05) is 6.92 Å². The number of halogens is 3. The van der Waals surface area contributed by atoms with Crippen molar-refractivity contribution in [2.45, 2.75) is 63.4 Å². The van der Waals surface area contributed by atoms with E-state index in [1.807, 2.05) is 23.1 Å². The smallest absolute Gasteiger partial charge is 0.381 e. The SMILES string of the molecule is COC1CC(c2cc(N3Cc4c(cc(CN5CCC[C@H](C)C5)cc4C(F)(F)F)C3=O)cs2)(c2nncn2C)C1. The number of benzene rings is 1. The molecule has 2 aliphatic heterocycles. The number of anilines is 1. The summed E-state index contributed by atoms with van der Waals surface area (Å²) in [5.74, 6) is 0.945. The lowest BCUT2D eigenvalue weighted by Crippen LogP contribution is -2.47. The summed E-state index contributed by atoms with van der Waals surface area (Å²) >= 11 is 1.50. The van der Waals surface area contributed by atoms with E-state index in [1.54, 1.807) is 19.5 Å². The van der Waals surface area contributed by atoms with E-state index in [4.69, 9.17) is 4.74 Å². The van der Waals surface area contributed by atoms with Gasteiger partial charge in [0.05, 0.1) is 29.3 Å². The van der Waals surface area contributed by atoms with Gasteiger partial charge in [0, 0.05) is 43.1 Å². The van der Waals surface area contributed by atoms with Crippen LogP contribution in [0.15, 0.2) is 29.9 Å². The molecule has 208 valence electrons. The van der Waals surface area contributed by atoms with Gasteiger partial charge in [-0.05, 0) is 67.5 Å². The highest BCUT2D eigenvalue weighted by molar-refractivity contribution is 7.10. The minimum atomic E-state index is -4.54. The lowest BCUT2D eigenvalue weighted by atomic mass is 9.65. The first-order valence-corrected chi connectivity index (χ1v) is 14.2. The fraction of sp³-hybridized carbons (Fsp3) is 0.536. The molecule has 0 N–H and O–H groups in total. The van der Waals surface area contributed by atoms with Crippen molar-refractivity contribution < 1.29 is 22.7 Å². The predicted octanol–water partition coefficient (Wildman–Crippen LogP) is 5.38. The molecule has 4 heterocycles. The molecular weight excluding hydrogens is 527 g/mol. The summed E-state index contributed by atoms with van der Waals surface area (Å²) in [5.41, 5.74) is 0.255. The second-order valence-electron chi connectivity index (χ2n) is 11.3. The number of carbonyl (C=O) groups is 1. The fourth-order valence-corrected chi connectivity index (χ4v) is 7.64. The van der Waals surface area contributed by atoms with Gasteiger partial charge in [-0.15, -0.1) is 21.5 Å². The molecular formula is C28H32F3N5O2S. The summed E-state index contributed by atoms with van der Waals surface area (Å²) in [7, 11) is 3.58. The Bertz CT molecular complexity index is 1390. The van der Waals surface area contributed by atoms with Gasteiger partial charge in [-0.3, -0.25) is 9.69 Å². The third kappa shape index (κ3) is 4.58. The average molecular weight is 560 g/mol. The van der Waals surface area contributed by atoms with Crippen molar-refractivity contribution >= 4 is 22.9 Å². The van der Waals surface area contributed by atoms with Crippen molar-refractivity contribution in [3.8, 4) is 0 Å². The predicted molar refractivity (Wildman–Crippen MR) is 142 cm³/mol. The van der Waals surface area contributed by atoms with Crippen molar-refractivity contribution in [1.29, 1.82) is 0 Å². The van der Waals surface area contributed by atoms with E-state index >= 15 is 0 Å². The van der Waals surface area contributed by atoms with Crippen molar-refractivity contribution in [3.63, 3.8) is 0 Å². The van der Waals surface area contributed by atoms with Crippen molar-refractivity contribution in [2.24, 2.45) is 13.0 Å². The third-order valence-electron chi connectivity index (χ3n) is 8.55. The molecule has 11 heteroatoms. The number of alkyl halides is 3. The van der Waals surface area contributed by atoms with E-state index in [0.29, 0.717) is 23.7 Å². The van der Waals surface area contributed by atoms with Crippen LogP contribution in [0.25, 0.3) is 0 Å². The van der Waals surface area contributed by atoms with Crippen LogP contribution in [0.4, 0.5) is 18.9 Å². The summed E-state index contributed by atoms with van der Waals surface area (Å²) in [6.45, 7) is 4.19. The molecule has 2 aromatic heterocycles. The van der Waals surface area contributed by atoms with E-state index in [-0.39, 0.29) is 29.7 Å². The maximum atomic E-state index is 14.2. The van der Waals surface area contributed by atoms with Crippen LogP contribution in [0.3, 0.4) is 0 Å². The second-order valence-corrected chi connectivity index (χ2v) is 12.2. The Morgan fingerprint density at radius 2 is 2.03 bits per heavy atom. The number of aryl methyl sites for hydroxylation is 1. The molecule has 1 saturated heterocycles. The quantitative estimate of drug-likeness (QED) is 0.406. The third-order valence-corrected chi connectivity index (χ3v) is 9.67. The van der Waals surface area contributed by atoms with Gasteiger partial charge in [0.15, 0.2) is 0 Å². The molecule has 1 amide bonds. The summed E-state index contributed by atoms with van der Waals surface area (Å²) in [5, 5.41) is 10.3. The average Bonchev–Trinajstić information content (AvgIpc) is 3.58. The number of rotatable bonds is 6. The lowest BCUT2D eigenvalue weighted by molar-refractivity contribution is -0.138. The topological polar surface area (TPSA) is 63.5 Å². The zero-order valence-electron chi connectivity index (χ0n) is 22.3. The van der Waals surface area contributed by atoms with Crippen LogP contribution in [-0.2, 0) is 36.5 Å². The van der Waals surface area contributed by atoms with E-state index < -0.39 is 17.2 Å². The number of amides is 1. The van der Waals surface area contributed by atoms with Crippen LogP contribution < -0.4 is 4.90 Å². The second kappa shape index (κ2) is 9.71. The molecule has 2 fully saturated rings. The number of carbonyl (C=O) groups excluding carboxylic acids is 1. The minimum Gasteiger partial charge on any atom is -0.381 e. The highest BCUT2D eigenvalue weighted by Crippen LogP contribution is 2.52. The number of ether oxygens (including phenoxy) is 1. The Hall–Kier alpha value is -2.76. The lowest BCUT2D eigenvalue weighted by Gasteiger charge is -2.45. The van der Waals surface area contributed by atoms with Crippen molar-refractivity contribution in [2.75, 3.05) is 25.1 Å². The summed E-state index contributed by atoms with van der Waals surface area (Å²) < 4.78 is 50.1. The molecule has 39 heavy (non-hydrogen) atoms. The zero-order valence-corrected chi connectivity index (χ0v) is 23.1. The van der Waals surface area contributed by atoms with Gasteiger partial charge in [0.25, 0.3) is 5.91 Å². The summed E-state index contributed by atoms with van der Waals surface area (Å²) in [4.78, 5) is 18.3. The Kier molecular flexibility index (Phi) is 6.59. The summed E-state index contributed by atoms with van der Waals surface area (Å²) in [6.07, 6.45) is 0.818. The van der Waals surface area contributed by atoms with Gasteiger partial charge >= 0.3 is 6.18 Å². The molecule has 7 nitrogen and oxygen atoms in total. The number of nitrogens with zero attached hydrogens (tertiary/aromatic N) is 5. The number of aromatic nitrogens is 3. The monoisotopic (exact) mass is 559 g/mol. The molecule has 0 spiro atoms. The number of thiophene rings is 1. The maximum absolute atomic E-state index is 14.2.